The lowest BCUT2D eigenvalue weighted by Gasteiger charge is -2.26. The van der Waals surface area contributed by atoms with Crippen LogP contribution in [0.4, 0.5) is 0 Å². The predicted octanol–water partition coefficient (Wildman–Crippen LogP) is 0.938. The Morgan fingerprint density at radius 3 is 3.00 bits per heavy atom. The van der Waals surface area contributed by atoms with Gasteiger partial charge in [-0.25, -0.2) is 0 Å². The molecule has 70 valence electrons. The molecule has 12 heavy (non-hydrogen) atoms. The van der Waals surface area contributed by atoms with Gasteiger partial charge in [-0.2, -0.15) is 0 Å². The fourth-order valence-corrected chi connectivity index (χ4v) is 1.53. The van der Waals surface area contributed by atoms with Gasteiger partial charge in [-0.1, -0.05) is 6.92 Å². The van der Waals surface area contributed by atoms with Gasteiger partial charge in [0.05, 0.1) is 6.61 Å². The number of hydrogen-bond acceptors (Lipinski definition) is 3. The maximum atomic E-state index is 11.3. The van der Waals surface area contributed by atoms with Crippen LogP contribution in [-0.2, 0) is 9.53 Å². The maximum Gasteiger partial charge on any atom is 0.323 e. The molecule has 1 unspecified atom stereocenters. The van der Waals surface area contributed by atoms with Gasteiger partial charge < -0.3 is 10.1 Å². The molecule has 1 rings (SSSR count). The van der Waals surface area contributed by atoms with Gasteiger partial charge in [-0.05, 0) is 32.2 Å². The Bertz CT molecular complexity index is 159. The molecule has 0 aliphatic carbocycles. The van der Waals surface area contributed by atoms with Gasteiger partial charge >= 0.3 is 5.97 Å². The van der Waals surface area contributed by atoms with Gasteiger partial charge in [-0.3, -0.25) is 4.79 Å². The average Bonchev–Trinajstić information content (AvgIpc) is 2.05. The summed E-state index contributed by atoms with van der Waals surface area (Å²) in [6.07, 6.45) is 2.08. The molecule has 0 saturated carbocycles. The Balaban J connectivity index is 2.35. The number of hydrogen-bond donors (Lipinski definition) is 1. The summed E-state index contributed by atoms with van der Waals surface area (Å²) in [7, 11) is 0. The van der Waals surface area contributed by atoms with Crippen molar-refractivity contribution in [2.24, 2.45) is 5.92 Å². The number of rotatable bonds is 2. The van der Waals surface area contributed by atoms with Gasteiger partial charge in [0.15, 0.2) is 0 Å². The molecule has 1 aliphatic heterocycles. The second-order valence-electron chi connectivity index (χ2n) is 3.39. The van der Waals surface area contributed by atoms with E-state index in [0.717, 1.165) is 19.4 Å². The molecular weight excluding hydrogens is 154 g/mol. The zero-order valence-electron chi connectivity index (χ0n) is 7.80. The highest BCUT2D eigenvalue weighted by atomic mass is 16.5. The monoisotopic (exact) mass is 171 g/mol. The van der Waals surface area contributed by atoms with Crippen molar-refractivity contribution < 1.29 is 9.53 Å². The van der Waals surface area contributed by atoms with Crippen LogP contribution in [0.15, 0.2) is 0 Å². The first-order valence-electron chi connectivity index (χ1n) is 4.64. The Morgan fingerprint density at radius 2 is 2.42 bits per heavy atom. The second kappa shape index (κ2) is 4.45. The molecule has 3 heteroatoms. The molecule has 1 saturated heterocycles. The average molecular weight is 171 g/mol. The molecule has 0 aromatic rings. The molecule has 1 fully saturated rings. The summed E-state index contributed by atoms with van der Waals surface area (Å²) in [5, 5.41) is 3.16. The fourth-order valence-electron chi connectivity index (χ4n) is 1.53. The minimum absolute atomic E-state index is 0.0614. The highest BCUT2D eigenvalue weighted by Gasteiger charge is 2.25. The van der Waals surface area contributed by atoms with Crippen LogP contribution in [0.25, 0.3) is 0 Å². The van der Waals surface area contributed by atoms with E-state index in [0.29, 0.717) is 12.5 Å². The molecule has 1 heterocycles. The molecule has 1 N–H and O–H groups in total. The highest BCUT2D eigenvalue weighted by Crippen LogP contribution is 2.15. The quantitative estimate of drug-likeness (QED) is 0.628. The summed E-state index contributed by atoms with van der Waals surface area (Å²) in [5.41, 5.74) is 0. The first-order chi connectivity index (χ1) is 5.74. The molecule has 0 radical (unpaired) electrons. The summed E-state index contributed by atoms with van der Waals surface area (Å²) in [5.74, 6) is 0.546. The lowest BCUT2D eigenvalue weighted by Crippen LogP contribution is -2.43. The first kappa shape index (κ1) is 9.52. The van der Waals surface area contributed by atoms with Crippen molar-refractivity contribution in [2.75, 3.05) is 13.2 Å². The van der Waals surface area contributed by atoms with Gasteiger partial charge in [0, 0.05) is 0 Å². The number of esters is 1. The smallest absolute Gasteiger partial charge is 0.323 e. The lowest BCUT2D eigenvalue weighted by atomic mass is 9.94. The van der Waals surface area contributed by atoms with Gasteiger partial charge in [0.1, 0.15) is 6.04 Å². The third-order valence-electron chi connectivity index (χ3n) is 2.24. The fraction of sp³-hybridized carbons (Fsp3) is 0.889. The van der Waals surface area contributed by atoms with Crippen molar-refractivity contribution in [2.45, 2.75) is 32.7 Å². The van der Waals surface area contributed by atoms with Crippen LogP contribution in [0.3, 0.4) is 0 Å². The molecule has 3 nitrogen and oxygen atoms in total. The Labute approximate surface area is 73.5 Å². The Morgan fingerprint density at radius 1 is 1.67 bits per heavy atom. The van der Waals surface area contributed by atoms with E-state index in [4.69, 9.17) is 4.74 Å². The summed E-state index contributed by atoms with van der Waals surface area (Å²) < 4.78 is 4.93. The summed E-state index contributed by atoms with van der Waals surface area (Å²) >= 11 is 0. The Kier molecular flexibility index (Phi) is 3.53. The van der Waals surface area contributed by atoms with Crippen LogP contribution in [-0.4, -0.2) is 25.2 Å². The first-order valence-corrected chi connectivity index (χ1v) is 4.64. The van der Waals surface area contributed by atoms with E-state index in [-0.39, 0.29) is 12.0 Å². The van der Waals surface area contributed by atoms with Crippen LogP contribution >= 0.6 is 0 Å². The summed E-state index contributed by atoms with van der Waals surface area (Å²) in [4.78, 5) is 11.3. The van der Waals surface area contributed by atoms with Crippen molar-refractivity contribution >= 4 is 5.97 Å². The van der Waals surface area contributed by atoms with Crippen LogP contribution < -0.4 is 5.32 Å². The second-order valence-corrected chi connectivity index (χ2v) is 3.39. The Hall–Kier alpha value is -0.570. The van der Waals surface area contributed by atoms with E-state index in [1.807, 2.05) is 6.92 Å². The highest BCUT2D eigenvalue weighted by molar-refractivity contribution is 5.75. The number of carbonyl (C=O) groups excluding carboxylic acids is 1. The van der Waals surface area contributed by atoms with Crippen LogP contribution in [0.2, 0.25) is 0 Å². The van der Waals surface area contributed by atoms with E-state index in [2.05, 4.69) is 12.2 Å². The SMILES string of the molecule is CCOC(=O)[C@@H]1CC(C)CCN1. The number of piperidine rings is 1. The van der Waals surface area contributed by atoms with Crippen molar-refractivity contribution in [3.05, 3.63) is 0 Å². The van der Waals surface area contributed by atoms with Gasteiger partial charge in [0.25, 0.3) is 0 Å². The van der Waals surface area contributed by atoms with Gasteiger partial charge in [-0.15, -0.1) is 0 Å². The van der Waals surface area contributed by atoms with E-state index in [9.17, 15) is 4.79 Å². The normalized spacial score (nSPS) is 29.8. The lowest BCUT2D eigenvalue weighted by molar-refractivity contribution is -0.146. The standard InChI is InChI=1S/C9H17NO2/c1-3-12-9(11)8-6-7(2)4-5-10-8/h7-8,10H,3-6H2,1-2H3/t7?,8-/m0/s1. The van der Waals surface area contributed by atoms with E-state index >= 15 is 0 Å². The third kappa shape index (κ3) is 2.48. The predicted molar refractivity (Wildman–Crippen MR) is 46.8 cm³/mol. The minimum Gasteiger partial charge on any atom is -0.465 e. The topological polar surface area (TPSA) is 38.3 Å². The number of carbonyl (C=O) groups is 1. The molecule has 0 amide bonds. The molecule has 2 atom stereocenters. The summed E-state index contributed by atoms with van der Waals surface area (Å²) in [6.45, 7) is 5.42. The molecule has 0 spiro atoms. The van der Waals surface area contributed by atoms with Crippen LogP contribution in [0.1, 0.15) is 26.7 Å². The third-order valence-corrected chi connectivity index (χ3v) is 2.24. The van der Waals surface area contributed by atoms with Crippen molar-refractivity contribution in [1.82, 2.24) is 5.32 Å². The van der Waals surface area contributed by atoms with E-state index in [1.165, 1.54) is 0 Å². The van der Waals surface area contributed by atoms with Crippen molar-refractivity contribution in [1.29, 1.82) is 0 Å². The molecule has 0 aromatic heterocycles. The van der Waals surface area contributed by atoms with Crippen LogP contribution in [0, 0.1) is 5.92 Å². The van der Waals surface area contributed by atoms with E-state index < -0.39 is 0 Å². The van der Waals surface area contributed by atoms with Crippen molar-refractivity contribution in [3.8, 4) is 0 Å². The van der Waals surface area contributed by atoms with Gasteiger partial charge in [0.2, 0.25) is 0 Å². The minimum atomic E-state index is -0.0935. The summed E-state index contributed by atoms with van der Waals surface area (Å²) in [6, 6.07) is -0.0614. The maximum absolute atomic E-state index is 11.3. The van der Waals surface area contributed by atoms with E-state index in [1.54, 1.807) is 0 Å². The largest absolute Gasteiger partial charge is 0.465 e. The zero-order chi connectivity index (χ0) is 8.97. The molecule has 1 aliphatic rings. The molecule has 0 bridgehead atoms. The zero-order valence-corrected chi connectivity index (χ0v) is 7.80. The van der Waals surface area contributed by atoms with Crippen LogP contribution in [0.5, 0.6) is 0 Å². The molecular formula is C9H17NO2. The molecule has 0 aromatic carbocycles. The van der Waals surface area contributed by atoms with Crippen molar-refractivity contribution in [3.63, 3.8) is 0 Å². The number of ether oxygens (including phenoxy) is 1. The number of nitrogens with one attached hydrogen (secondary N) is 1.